The second kappa shape index (κ2) is 6.33. The molecule has 7 heteroatoms. The molecule has 0 aliphatic rings. The van der Waals surface area contributed by atoms with Gasteiger partial charge in [0.2, 0.25) is 0 Å². The Balaban J connectivity index is 2.94. The van der Waals surface area contributed by atoms with Gasteiger partial charge < -0.3 is 4.74 Å². The number of hydrogen-bond acceptors (Lipinski definition) is 3. The molecule has 0 radical (unpaired) electrons. The quantitative estimate of drug-likeness (QED) is 0.754. The summed E-state index contributed by atoms with van der Waals surface area (Å²) in [6.45, 7) is 4.63. The average Bonchev–Trinajstić information content (AvgIpc) is 2.20. The van der Waals surface area contributed by atoms with Crippen LogP contribution < -0.4 is 4.74 Å². The summed E-state index contributed by atoms with van der Waals surface area (Å²) in [5.74, 6) is 0.855. The molecule has 0 N–H and O–H groups in total. The van der Waals surface area contributed by atoms with Crippen LogP contribution in [0.1, 0.15) is 20.3 Å². The number of halogens is 3. The molecule has 0 saturated heterocycles. The molecule has 1 aromatic rings. The van der Waals surface area contributed by atoms with E-state index in [1.807, 2.05) is 0 Å². The lowest BCUT2D eigenvalue weighted by molar-refractivity contribution is 0.289. The van der Waals surface area contributed by atoms with Gasteiger partial charge in [0.1, 0.15) is 10.6 Å². The van der Waals surface area contributed by atoms with Crippen LogP contribution in [-0.4, -0.2) is 15.0 Å². The minimum absolute atomic E-state index is 0.00560. The highest BCUT2D eigenvalue weighted by atomic mass is 35.7. The average molecular weight is 332 g/mol. The van der Waals surface area contributed by atoms with E-state index in [0.717, 1.165) is 6.42 Å². The molecule has 0 aliphatic heterocycles. The van der Waals surface area contributed by atoms with Crippen LogP contribution in [0.2, 0.25) is 10.0 Å². The fourth-order valence-corrected chi connectivity index (χ4v) is 3.01. The predicted molar refractivity (Wildman–Crippen MR) is 74.5 cm³/mol. The number of benzene rings is 1. The van der Waals surface area contributed by atoms with Gasteiger partial charge in [0.15, 0.2) is 0 Å². The topological polar surface area (TPSA) is 43.4 Å². The molecule has 0 unspecified atom stereocenters. The van der Waals surface area contributed by atoms with E-state index < -0.39 is 9.05 Å². The molecule has 0 spiro atoms. The van der Waals surface area contributed by atoms with Crippen molar-refractivity contribution in [2.75, 3.05) is 6.61 Å². The third-order valence-electron chi connectivity index (χ3n) is 2.20. The Morgan fingerprint density at radius 3 is 2.33 bits per heavy atom. The first-order valence-corrected chi connectivity index (χ1v) is 8.35. The van der Waals surface area contributed by atoms with E-state index in [2.05, 4.69) is 13.8 Å². The molecule has 0 amide bonds. The Morgan fingerprint density at radius 1 is 1.22 bits per heavy atom. The molecular weight excluding hydrogens is 319 g/mol. The van der Waals surface area contributed by atoms with E-state index in [1.54, 1.807) is 0 Å². The molecule has 0 heterocycles. The molecule has 0 atom stereocenters. The fourth-order valence-electron chi connectivity index (χ4n) is 1.21. The Kier molecular flexibility index (Phi) is 5.59. The summed E-state index contributed by atoms with van der Waals surface area (Å²) in [5.41, 5.74) is 0. The summed E-state index contributed by atoms with van der Waals surface area (Å²) in [5, 5.41) is 0.163. The fraction of sp³-hybridized carbons (Fsp3) is 0.455. The van der Waals surface area contributed by atoms with Crippen LogP contribution in [0, 0.1) is 5.92 Å². The third-order valence-corrected chi connectivity index (χ3v) is 4.28. The largest absolute Gasteiger partial charge is 0.492 e. The van der Waals surface area contributed by atoms with Crippen LogP contribution in [0.3, 0.4) is 0 Å². The first-order valence-electron chi connectivity index (χ1n) is 5.28. The van der Waals surface area contributed by atoms with Crippen LogP contribution in [0.4, 0.5) is 0 Å². The highest BCUT2D eigenvalue weighted by Crippen LogP contribution is 2.35. The normalized spacial score (nSPS) is 11.9. The zero-order chi connectivity index (χ0) is 13.9. The molecule has 0 aromatic heterocycles. The van der Waals surface area contributed by atoms with Gasteiger partial charge >= 0.3 is 0 Å². The maximum absolute atomic E-state index is 11.2. The van der Waals surface area contributed by atoms with Crippen molar-refractivity contribution in [3.63, 3.8) is 0 Å². The summed E-state index contributed by atoms with van der Waals surface area (Å²) < 4.78 is 27.8. The van der Waals surface area contributed by atoms with Crippen molar-refractivity contribution in [2.24, 2.45) is 5.92 Å². The SMILES string of the molecule is CC(C)CCOc1cc(Cl)c(S(=O)(=O)Cl)cc1Cl. The van der Waals surface area contributed by atoms with Gasteiger partial charge in [-0.1, -0.05) is 37.0 Å². The lowest BCUT2D eigenvalue weighted by Crippen LogP contribution is -2.02. The monoisotopic (exact) mass is 330 g/mol. The van der Waals surface area contributed by atoms with E-state index in [0.29, 0.717) is 18.3 Å². The molecule has 102 valence electrons. The standard InChI is InChI=1S/C11H13Cl3O3S/c1-7(2)3-4-17-10-5-9(13)11(6-8(10)12)18(14,15)16/h5-7H,3-4H2,1-2H3. The Morgan fingerprint density at radius 2 is 1.83 bits per heavy atom. The maximum Gasteiger partial charge on any atom is 0.262 e. The smallest absolute Gasteiger partial charge is 0.262 e. The molecular formula is C11H13Cl3O3S. The third kappa shape index (κ3) is 4.50. The van der Waals surface area contributed by atoms with Crippen molar-refractivity contribution >= 4 is 42.9 Å². The van der Waals surface area contributed by atoms with Gasteiger partial charge in [-0.3, -0.25) is 0 Å². The van der Waals surface area contributed by atoms with Gasteiger partial charge in [-0.15, -0.1) is 0 Å². The zero-order valence-electron chi connectivity index (χ0n) is 9.91. The van der Waals surface area contributed by atoms with Crippen molar-refractivity contribution in [3.8, 4) is 5.75 Å². The van der Waals surface area contributed by atoms with Gasteiger partial charge in [-0.05, 0) is 18.4 Å². The van der Waals surface area contributed by atoms with Gasteiger partial charge in [0.25, 0.3) is 9.05 Å². The number of hydrogen-bond donors (Lipinski definition) is 0. The lowest BCUT2D eigenvalue weighted by Gasteiger charge is -2.11. The number of ether oxygens (including phenoxy) is 1. The second-order valence-corrected chi connectivity index (χ2v) is 7.53. The molecule has 1 aromatic carbocycles. The highest BCUT2D eigenvalue weighted by Gasteiger charge is 2.18. The van der Waals surface area contributed by atoms with Gasteiger partial charge in [-0.25, -0.2) is 8.42 Å². The summed E-state index contributed by atoms with van der Waals surface area (Å²) in [6.07, 6.45) is 0.865. The molecule has 0 saturated carbocycles. The second-order valence-electron chi connectivity index (χ2n) is 4.18. The van der Waals surface area contributed by atoms with E-state index >= 15 is 0 Å². The maximum atomic E-state index is 11.2. The van der Waals surface area contributed by atoms with Crippen LogP contribution in [0.5, 0.6) is 5.75 Å². The molecule has 0 bridgehead atoms. The Bertz CT molecular complexity index is 527. The zero-order valence-corrected chi connectivity index (χ0v) is 13.0. The van der Waals surface area contributed by atoms with Crippen molar-refractivity contribution in [1.29, 1.82) is 0 Å². The van der Waals surface area contributed by atoms with Crippen molar-refractivity contribution < 1.29 is 13.2 Å². The van der Waals surface area contributed by atoms with E-state index in [1.165, 1.54) is 12.1 Å². The van der Waals surface area contributed by atoms with Crippen LogP contribution in [0.25, 0.3) is 0 Å². The summed E-state index contributed by atoms with van der Waals surface area (Å²) in [7, 11) is 1.32. The Hall–Kier alpha value is -0.160. The van der Waals surface area contributed by atoms with Crippen LogP contribution in [0.15, 0.2) is 17.0 Å². The van der Waals surface area contributed by atoms with E-state index in [9.17, 15) is 8.42 Å². The minimum atomic E-state index is -3.91. The summed E-state index contributed by atoms with van der Waals surface area (Å²) >= 11 is 11.7. The van der Waals surface area contributed by atoms with Gasteiger partial charge in [0, 0.05) is 16.7 Å². The van der Waals surface area contributed by atoms with Crippen LogP contribution in [-0.2, 0) is 9.05 Å². The van der Waals surface area contributed by atoms with Crippen molar-refractivity contribution in [2.45, 2.75) is 25.2 Å². The van der Waals surface area contributed by atoms with Crippen LogP contribution >= 0.6 is 33.9 Å². The minimum Gasteiger partial charge on any atom is -0.492 e. The molecule has 18 heavy (non-hydrogen) atoms. The van der Waals surface area contributed by atoms with Crippen molar-refractivity contribution in [3.05, 3.63) is 22.2 Å². The summed E-state index contributed by atoms with van der Waals surface area (Å²) in [6, 6.07) is 2.55. The van der Waals surface area contributed by atoms with E-state index in [-0.39, 0.29) is 14.9 Å². The molecule has 3 nitrogen and oxygen atoms in total. The molecule has 1 rings (SSSR count). The van der Waals surface area contributed by atoms with Gasteiger partial charge in [-0.2, -0.15) is 0 Å². The molecule has 0 fully saturated rings. The van der Waals surface area contributed by atoms with E-state index in [4.69, 9.17) is 38.6 Å². The predicted octanol–water partition coefficient (Wildman–Crippen LogP) is 4.35. The molecule has 0 aliphatic carbocycles. The highest BCUT2D eigenvalue weighted by molar-refractivity contribution is 8.13. The lowest BCUT2D eigenvalue weighted by atomic mass is 10.1. The first kappa shape index (κ1) is 15.9. The first-order chi connectivity index (χ1) is 8.21. The number of rotatable bonds is 5. The van der Waals surface area contributed by atoms with Crippen molar-refractivity contribution in [1.82, 2.24) is 0 Å². The van der Waals surface area contributed by atoms with Gasteiger partial charge in [0.05, 0.1) is 16.7 Å². The summed E-state index contributed by atoms with van der Waals surface area (Å²) in [4.78, 5) is -0.216. The Labute approximate surface area is 121 Å².